The fourth-order valence-electron chi connectivity index (χ4n) is 4.96. The van der Waals surface area contributed by atoms with Gasteiger partial charge in [-0.2, -0.15) is 4.13 Å². The molecule has 0 spiro atoms. The summed E-state index contributed by atoms with van der Waals surface area (Å²) in [4.78, 5) is 31.2. The summed E-state index contributed by atoms with van der Waals surface area (Å²) in [6, 6.07) is 14.3. The molecule has 2 unspecified atom stereocenters. The lowest BCUT2D eigenvalue weighted by Gasteiger charge is -2.38. The maximum absolute atomic E-state index is 13.1. The monoisotopic (exact) mass is 563 g/mol. The van der Waals surface area contributed by atoms with E-state index in [0.29, 0.717) is 43.4 Å². The Morgan fingerprint density at radius 2 is 1.86 bits per heavy atom. The molecule has 3 heterocycles. The summed E-state index contributed by atoms with van der Waals surface area (Å²) >= 11 is 8.75. The van der Waals surface area contributed by atoms with Crippen LogP contribution < -0.4 is 13.7 Å². The van der Waals surface area contributed by atoms with Crippen molar-refractivity contribution in [2.24, 2.45) is 0 Å². The number of nitrogens with one attached hydrogen (secondary N) is 2. The highest BCUT2D eigenvalue weighted by molar-refractivity contribution is 8.15. The molecule has 0 saturated carbocycles. The zero-order chi connectivity index (χ0) is 26.0. The Kier molecular flexibility index (Phi) is 8.44. The number of piperazine rings is 1. The van der Waals surface area contributed by atoms with E-state index in [0.717, 1.165) is 11.1 Å². The van der Waals surface area contributed by atoms with Gasteiger partial charge in [-0.15, -0.1) is 0 Å². The average Bonchev–Trinajstić information content (AvgIpc) is 3.49. The fourth-order valence-corrected chi connectivity index (χ4v) is 6.95. The summed E-state index contributed by atoms with van der Waals surface area (Å²) < 4.78 is 12.7. The van der Waals surface area contributed by atoms with Crippen molar-refractivity contribution in [1.29, 1.82) is 0 Å². The minimum atomic E-state index is -0.777. The predicted octanol–water partition coefficient (Wildman–Crippen LogP) is 2.49. The van der Waals surface area contributed by atoms with E-state index < -0.39 is 17.2 Å². The first kappa shape index (κ1) is 26.9. The van der Waals surface area contributed by atoms with Crippen LogP contribution in [0.4, 0.5) is 5.69 Å². The summed E-state index contributed by atoms with van der Waals surface area (Å²) in [7, 11) is 0. The molecule has 198 valence electrons. The lowest BCUT2D eigenvalue weighted by molar-refractivity contribution is -0.123. The number of aliphatic hydroxyl groups is 1. The lowest BCUT2D eigenvalue weighted by atomic mass is 10.1. The first-order chi connectivity index (χ1) is 17.9. The molecule has 3 atom stereocenters. The van der Waals surface area contributed by atoms with Crippen molar-refractivity contribution in [1.82, 2.24) is 18.6 Å². The number of nitrogens with zero attached hydrogens (tertiary/aromatic N) is 3. The van der Waals surface area contributed by atoms with Gasteiger partial charge >= 0.3 is 0 Å². The lowest BCUT2D eigenvalue weighted by Crippen LogP contribution is -2.54. The number of hydrogen-bond acceptors (Lipinski definition) is 10. The highest BCUT2D eigenvalue weighted by Gasteiger charge is 2.44. The second kappa shape index (κ2) is 11.6. The van der Waals surface area contributed by atoms with Crippen LogP contribution in [0.25, 0.3) is 0 Å². The number of benzene rings is 2. The van der Waals surface area contributed by atoms with E-state index in [1.807, 2.05) is 31.2 Å². The summed E-state index contributed by atoms with van der Waals surface area (Å²) in [5.41, 5.74) is 2.67. The van der Waals surface area contributed by atoms with Gasteiger partial charge in [0.1, 0.15) is 0 Å². The molecule has 9 nitrogen and oxygen atoms in total. The maximum atomic E-state index is 13.1. The van der Waals surface area contributed by atoms with Crippen molar-refractivity contribution in [2.75, 3.05) is 44.2 Å². The van der Waals surface area contributed by atoms with Crippen molar-refractivity contribution in [3.8, 4) is 0 Å². The number of amides is 2. The van der Waals surface area contributed by atoms with Gasteiger partial charge in [-0.3, -0.25) is 19.4 Å². The van der Waals surface area contributed by atoms with E-state index in [2.05, 4.69) is 18.6 Å². The Balaban J connectivity index is 1.12. The number of hydrogen-bond donors (Lipinski definition) is 3. The third-order valence-electron chi connectivity index (χ3n) is 6.92. The van der Waals surface area contributed by atoms with Crippen LogP contribution in [-0.2, 0) is 19.4 Å². The minimum Gasteiger partial charge on any atom is -0.389 e. The first-order valence-corrected chi connectivity index (χ1v) is 14.2. The molecule has 0 aliphatic carbocycles. The number of aliphatic hydroxyl groups excluding tert-OH is 1. The number of ether oxygens (including phenoxy) is 1. The number of aryl methyl sites for hydroxylation is 1. The Morgan fingerprint density at radius 3 is 2.54 bits per heavy atom. The van der Waals surface area contributed by atoms with E-state index in [1.54, 1.807) is 24.3 Å². The highest BCUT2D eigenvalue weighted by atomic mass is 35.5. The number of carbonyl (C=O) groups is 2. The normalized spacial score (nSPS) is 26.2. The Labute approximate surface area is 230 Å². The molecule has 3 aliphatic heterocycles. The Morgan fingerprint density at radius 1 is 1.14 bits per heavy atom. The van der Waals surface area contributed by atoms with Crippen LogP contribution in [0, 0.1) is 6.92 Å². The molecule has 2 aromatic carbocycles. The van der Waals surface area contributed by atoms with Gasteiger partial charge in [0.25, 0.3) is 5.91 Å². The number of β-amino-alcohol motifs (C(OH)–C–C–N with tert-alkyl or cyclic N) is 1. The minimum absolute atomic E-state index is 0.169. The van der Waals surface area contributed by atoms with Crippen LogP contribution in [0.1, 0.15) is 17.5 Å². The molecule has 3 fully saturated rings. The molecular weight excluding hydrogens is 534 g/mol. The molecular formula is C25H30ClN5O4S2. The smallest absolute Gasteiger partial charge is 0.251 e. The van der Waals surface area contributed by atoms with Gasteiger partial charge in [0, 0.05) is 55.4 Å². The van der Waals surface area contributed by atoms with Gasteiger partial charge < -0.3 is 9.84 Å². The third-order valence-corrected chi connectivity index (χ3v) is 9.08. The fraction of sp³-hybridized carbons (Fsp3) is 0.440. The van der Waals surface area contributed by atoms with Gasteiger partial charge in [-0.05, 0) is 48.7 Å². The molecule has 0 aromatic heterocycles. The standard InChI is InChI=1S/C25H30ClN5O4S2/c1-17-4-2-3-5-21(17)25(27-37-28-36-25)35-16-20(32)15-29-10-12-30(13-11-29)22-14-23(33)31(24(22)34)19-8-6-18(26)7-9-19/h2-9,20,22,27-28,32H,10-16H2,1H3/t20-,22?,25?/m1/s1. The molecule has 2 aromatic rings. The van der Waals surface area contributed by atoms with Crippen LogP contribution in [0.3, 0.4) is 0 Å². The first-order valence-electron chi connectivity index (χ1n) is 12.2. The summed E-state index contributed by atoms with van der Waals surface area (Å²) in [6.07, 6.45) is -0.495. The number of halogens is 1. The number of carbonyl (C=O) groups excluding carboxylic acids is 2. The zero-order valence-corrected chi connectivity index (χ0v) is 22.8. The SMILES string of the molecule is Cc1ccccc1C1(OC[C@H](O)CN2CCN(C3CC(=O)N(c4ccc(Cl)cc4)C3=O)CC2)NSNS1. The van der Waals surface area contributed by atoms with E-state index in [9.17, 15) is 14.7 Å². The van der Waals surface area contributed by atoms with Crippen molar-refractivity contribution in [2.45, 2.75) is 30.5 Å². The average molecular weight is 564 g/mol. The third kappa shape index (κ3) is 5.85. The maximum Gasteiger partial charge on any atom is 0.251 e. The van der Waals surface area contributed by atoms with E-state index in [4.69, 9.17) is 16.3 Å². The van der Waals surface area contributed by atoms with E-state index >= 15 is 0 Å². The van der Waals surface area contributed by atoms with E-state index in [-0.39, 0.29) is 24.8 Å². The van der Waals surface area contributed by atoms with Crippen molar-refractivity contribution in [3.05, 3.63) is 64.7 Å². The molecule has 37 heavy (non-hydrogen) atoms. The zero-order valence-electron chi connectivity index (χ0n) is 20.4. The van der Waals surface area contributed by atoms with Crippen LogP contribution in [0.15, 0.2) is 48.5 Å². The van der Waals surface area contributed by atoms with Gasteiger partial charge in [-0.1, -0.05) is 35.9 Å². The van der Waals surface area contributed by atoms with E-state index in [1.165, 1.54) is 29.0 Å². The summed E-state index contributed by atoms with van der Waals surface area (Å²) in [5, 5.41) is 10.5. The highest BCUT2D eigenvalue weighted by Crippen LogP contribution is 2.41. The molecule has 0 bridgehead atoms. The number of imide groups is 1. The molecule has 12 heteroatoms. The van der Waals surface area contributed by atoms with Crippen LogP contribution >= 0.6 is 35.7 Å². The Bertz CT molecular complexity index is 1130. The van der Waals surface area contributed by atoms with Crippen LogP contribution in [0.2, 0.25) is 5.02 Å². The molecule has 2 amide bonds. The van der Waals surface area contributed by atoms with Crippen LogP contribution in [-0.4, -0.2) is 78.2 Å². The van der Waals surface area contributed by atoms with Crippen molar-refractivity contribution in [3.63, 3.8) is 0 Å². The van der Waals surface area contributed by atoms with Crippen molar-refractivity contribution < 1.29 is 19.4 Å². The van der Waals surface area contributed by atoms with Gasteiger partial charge in [0.2, 0.25) is 11.0 Å². The quantitative estimate of drug-likeness (QED) is 0.328. The number of rotatable bonds is 8. The van der Waals surface area contributed by atoms with Gasteiger partial charge in [-0.25, -0.2) is 9.62 Å². The molecule has 3 aliphatic rings. The van der Waals surface area contributed by atoms with Crippen LogP contribution in [0.5, 0.6) is 0 Å². The second-order valence-electron chi connectivity index (χ2n) is 9.39. The van der Waals surface area contributed by atoms with Gasteiger partial charge in [0.15, 0.2) is 0 Å². The largest absolute Gasteiger partial charge is 0.389 e. The molecule has 3 N–H and O–H groups in total. The topological polar surface area (TPSA) is 97.4 Å². The predicted molar refractivity (Wildman–Crippen MR) is 147 cm³/mol. The van der Waals surface area contributed by atoms with Crippen molar-refractivity contribution >= 4 is 53.2 Å². The number of anilines is 1. The molecule has 0 radical (unpaired) electrons. The van der Waals surface area contributed by atoms with Gasteiger partial charge in [0.05, 0.1) is 30.9 Å². The molecule has 5 rings (SSSR count). The summed E-state index contributed by atoms with van der Waals surface area (Å²) in [5.74, 6) is -0.385. The molecule has 3 saturated heterocycles. The Hall–Kier alpha value is -1.67. The summed E-state index contributed by atoms with van der Waals surface area (Å²) in [6.45, 7) is 5.37. The second-order valence-corrected chi connectivity index (χ2v) is 11.7.